The second kappa shape index (κ2) is 2.56. The van der Waals surface area contributed by atoms with Crippen LogP contribution in [0.2, 0.25) is 0 Å². The summed E-state index contributed by atoms with van der Waals surface area (Å²) >= 11 is -1.12. The number of rotatable bonds is 0. The minimum absolute atomic E-state index is 0.0878. The fourth-order valence-corrected chi connectivity index (χ4v) is 0.709. The summed E-state index contributed by atoms with van der Waals surface area (Å²) < 4.78 is 13.7. The van der Waals surface area contributed by atoms with E-state index < -0.39 is 18.3 Å². The van der Waals surface area contributed by atoms with Crippen molar-refractivity contribution in [3.63, 3.8) is 0 Å². The summed E-state index contributed by atoms with van der Waals surface area (Å²) in [6, 6.07) is 0. The molecule has 0 aromatic carbocycles. The molecule has 0 fully saturated rings. The summed E-state index contributed by atoms with van der Waals surface area (Å²) in [6.45, 7) is 5.81. The topological polar surface area (TPSA) is 29.4 Å². The molecule has 7 heavy (non-hydrogen) atoms. The van der Waals surface area contributed by atoms with E-state index in [1.807, 2.05) is 20.8 Å². The SMILES string of the molecule is CC(C)(C)[N]=[Pt]=[O]. The monoisotopic (exact) mass is 282 g/mol. The van der Waals surface area contributed by atoms with Gasteiger partial charge in [-0.3, -0.25) is 0 Å². The number of nitrogens with zero attached hydrogens (tertiary/aromatic N) is 1. The second-order valence-electron chi connectivity index (χ2n) is 2.30. The first kappa shape index (κ1) is 7.29. The zero-order chi connectivity index (χ0) is 5.91. The van der Waals surface area contributed by atoms with Gasteiger partial charge < -0.3 is 0 Å². The van der Waals surface area contributed by atoms with Crippen LogP contribution in [0.1, 0.15) is 20.8 Å². The van der Waals surface area contributed by atoms with E-state index in [0.717, 1.165) is 0 Å². The van der Waals surface area contributed by atoms with Crippen molar-refractivity contribution in [1.82, 2.24) is 0 Å². The van der Waals surface area contributed by atoms with E-state index in [4.69, 9.17) is 0 Å². The van der Waals surface area contributed by atoms with Crippen LogP contribution < -0.4 is 0 Å². The molecular weight excluding hydrogens is 273 g/mol. The Labute approximate surface area is 52.0 Å². The molecule has 0 aromatic rings. The zero-order valence-electron chi connectivity index (χ0n) is 4.67. The van der Waals surface area contributed by atoms with Crippen molar-refractivity contribution in [2.45, 2.75) is 26.3 Å². The number of hydrogen-bond acceptors (Lipinski definition) is 2. The van der Waals surface area contributed by atoms with Crippen LogP contribution in [0.15, 0.2) is 3.50 Å². The first-order valence-corrected chi connectivity index (χ1v) is 3.94. The zero-order valence-corrected chi connectivity index (χ0v) is 6.94. The van der Waals surface area contributed by atoms with Gasteiger partial charge in [0.25, 0.3) is 0 Å². The molecule has 0 bridgehead atoms. The van der Waals surface area contributed by atoms with Crippen LogP contribution >= 0.6 is 0 Å². The standard InChI is InChI=1S/C4H9N.O.Pt/c1-4(2,3)5;;/h1-3H3;;. The predicted molar refractivity (Wildman–Crippen MR) is 22.9 cm³/mol. The van der Waals surface area contributed by atoms with Gasteiger partial charge in [0.2, 0.25) is 0 Å². The van der Waals surface area contributed by atoms with Gasteiger partial charge in [-0.05, 0) is 0 Å². The summed E-state index contributed by atoms with van der Waals surface area (Å²) in [4.78, 5) is 0. The molecule has 46 valence electrons. The van der Waals surface area contributed by atoms with Gasteiger partial charge in [-0.25, -0.2) is 0 Å². The van der Waals surface area contributed by atoms with Crippen molar-refractivity contribution in [3.05, 3.63) is 0 Å². The average Bonchev–Trinajstić information content (AvgIpc) is 1.30. The Morgan fingerprint density at radius 2 is 1.86 bits per heavy atom. The molecule has 0 heterocycles. The Bertz CT molecular complexity index is 98.7. The molecule has 0 amide bonds. The average molecular weight is 282 g/mol. The first-order valence-electron chi connectivity index (χ1n) is 1.99. The van der Waals surface area contributed by atoms with Crippen LogP contribution in [0.25, 0.3) is 0 Å². The Hall–Kier alpha value is 0.288. The van der Waals surface area contributed by atoms with Crippen molar-refractivity contribution in [3.8, 4) is 0 Å². The van der Waals surface area contributed by atoms with Crippen LogP contribution in [-0.4, -0.2) is 5.54 Å². The quantitative estimate of drug-likeness (QED) is 0.660. The van der Waals surface area contributed by atoms with E-state index in [0.29, 0.717) is 0 Å². The molecule has 0 saturated heterocycles. The Kier molecular flexibility index (Phi) is 2.67. The maximum atomic E-state index is 9.89. The third-order valence-electron chi connectivity index (χ3n) is 0.241. The van der Waals surface area contributed by atoms with Crippen LogP contribution in [0.5, 0.6) is 0 Å². The number of hydrogen-bond donors (Lipinski definition) is 0. The molecule has 0 unspecified atom stereocenters. The van der Waals surface area contributed by atoms with Crippen LogP contribution in [0.4, 0.5) is 0 Å². The molecule has 0 aliphatic heterocycles. The van der Waals surface area contributed by atoms with E-state index in [-0.39, 0.29) is 5.54 Å². The van der Waals surface area contributed by atoms with E-state index in [9.17, 15) is 3.40 Å². The Morgan fingerprint density at radius 1 is 1.43 bits per heavy atom. The molecule has 0 aromatic heterocycles. The molecule has 0 N–H and O–H groups in total. The third kappa shape index (κ3) is 6.29. The summed E-state index contributed by atoms with van der Waals surface area (Å²) in [5.41, 5.74) is -0.0878. The predicted octanol–water partition coefficient (Wildman–Crippen LogP) is 1.40. The minimum atomic E-state index is -1.12. The normalized spacial score (nSPS) is 11.9. The van der Waals surface area contributed by atoms with Crippen molar-refractivity contribution in [2.24, 2.45) is 3.50 Å². The Balaban J connectivity index is 3.80. The van der Waals surface area contributed by atoms with E-state index in [1.54, 1.807) is 0 Å². The third-order valence-corrected chi connectivity index (χ3v) is 1.97. The molecule has 0 aliphatic carbocycles. The van der Waals surface area contributed by atoms with Crippen LogP contribution in [0.3, 0.4) is 0 Å². The summed E-state index contributed by atoms with van der Waals surface area (Å²) in [5.74, 6) is 0. The summed E-state index contributed by atoms with van der Waals surface area (Å²) in [6.07, 6.45) is 0. The van der Waals surface area contributed by atoms with Crippen LogP contribution in [-0.2, 0) is 21.7 Å². The van der Waals surface area contributed by atoms with Crippen molar-refractivity contribution < 1.29 is 21.7 Å². The molecule has 0 spiro atoms. The van der Waals surface area contributed by atoms with E-state index >= 15 is 0 Å². The molecule has 2 nitrogen and oxygen atoms in total. The van der Waals surface area contributed by atoms with Crippen LogP contribution in [0, 0.1) is 0 Å². The Morgan fingerprint density at radius 3 is 1.86 bits per heavy atom. The maximum absolute atomic E-state index is 9.89. The fourth-order valence-electron chi connectivity index (χ4n) is 0.0866. The van der Waals surface area contributed by atoms with Crippen molar-refractivity contribution in [2.75, 3.05) is 0 Å². The van der Waals surface area contributed by atoms with Gasteiger partial charge in [0.15, 0.2) is 0 Å². The van der Waals surface area contributed by atoms with Gasteiger partial charge in [0.1, 0.15) is 0 Å². The van der Waals surface area contributed by atoms with Gasteiger partial charge in [0, 0.05) is 0 Å². The molecule has 0 aliphatic rings. The molecule has 3 heteroatoms. The fraction of sp³-hybridized carbons (Fsp3) is 1.00. The molecule has 0 rings (SSSR count). The van der Waals surface area contributed by atoms with Gasteiger partial charge in [0.05, 0.1) is 0 Å². The second-order valence-corrected chi connectivity index (χ2v) is 3.22. The summed E-state index contributed by atoms with van der Waals surface area (Å²) in [5, 5.41) is 0. The first-order chi connectivity index (χ1) is 3.06. The van der Waals surface area contributed by atoms with Gasteiger partial charge in [-0.15, -0.1) is 0 Å². The van der Waals surface area contributed by atoms with E-state index in [2.05, 4.69) is 3.50 Å². The molecule has 0 atom stereocenters. The molecular formula is C4H9NOPt. The van der Waals surface area contributed by atoms with Gasteiger partial charge >= 0.3 is 51.5 Å². The van der Waals surface area contributed by atoms with Crippen molar-refractivity contribution >= 4 is 0 Å². The van der Waals surface area contributed by atoms with Gasteiger partial charge in [-0.2, -0.15) is 0 Å². The molecule has 0 saturated carbocycles. The van der Waals surface area contributed by atoms with E-state index in [1.165, 1.54) is 0 Å². The van der Waals surface area contributed by atoms with Crippen molar-refractivity contribution in [1.29, 1.82) is 0 Å². The summed E-state index contributed by atoms with van der Waals surface area (Å²) in [7, 11) is 0. The van der Waals surface area contributed by atoms with Gasteiger partial charge in [-0.1, -0.05) is 0 Å². The molecule has 0 radical (unpaired) electrons.